The van der Waals surface area contributed by atoms with Crippen LogP contribution in [0.3, 0.4) is 0 Å². The number of carbonyl (C=O) groups is 1. The van der Waals surface area contributed by atoms with Crippen LogP contribution in [0.2, 0.25) is 0 Å². The van der Waals surface area contributed by atoms with Crippen LogP contribution >= 0.6 is 0 Å². The molecule has 0 N–H and O–H groups in total. The molecule has 2 aromatic carbocycles. The molecule has 3 nitrogen and oxygen atoms in total. The maximum absolute atomic E-state index is 11.8. The molecule has 0 heterocycles. The minimum Gasteiger partial charge on any atom is -0.294 e. The second-order valence-corrected chi connectivity index (χ2v) is 4.34. The van der Waals surface area contributed by atoms with Crippen LogP contribution in [0.15, 0.2) is 42.5 Å². The van der Waals surface area contributed by atoms with E-state index >= 15 is 0 Å². The third kappa shape index (κ3) is 2.58. The van der Waals surface area contributed by atoms with E-state index in [1.54, 1.807) is 42.5 Å². The molecule has 2 aromatic rings. The van der Waals surface area contributed by atoms with E-state index in [1.807, 2.05) is 6.92 Å². The van der Waals surface area contributed by atoms with Gasteiger partial charge in [0.25, 0.3) is 0 Å². The Morgan fingerprint density at radius 1 is 1.05 bits per heavy atom. The maximum Gasteiger partial charge on any atom is 0.162 e. The molecule has 0 atom stereocenters. The Kier molecular flexibility index (Phi) is 3.93. The largest absolute Gasteiger partial charge is 0.294 e. The van der Waals surface area contributed by atoms with Gasteiger partial charge in [-0.3, -0.25) is 4.79 Å². The number of hydrogen-bond acceptors (Lipinski definition) is 3. The number of ketones is 1. The molecule has 0 aliphatic rings. The Balaban J connectivity index is 2.56. The molecule has 3 heteroatoms. The number of benzene rings is 2. The second kappa shape index (κ2) is 5.82. The summed E-state index contributed by atoms with van der Waals surface area (Å²) in [6.45, 7) is 1.81. The van der Waals surface area contributed by atoms with E-state index in [4.69, 9.17) is 5.26 Å². The number of rotatable bonds is 3. The van der Waals surface area contributed by atoms with E-state index in [-0.39, 0.29) is 5.78 Å². The predicted molar refractivity (Wildman–Crippen MR) is 75.9 cm³/mol. The van der Waals surface area contributed by atoms with Gasteiger partial charge in [0.1, 0.15) is 0 Å². The predicted octanol–water partition coefficient (Wildman–Crippen LogP) is 3.69. The molecule has 0 aliphatic heterocycles. The lowest BCUT2D eigenvalue weighted by atomic mass is 9.95. The zero-order valence-corrected chi connectivity index (χ0v) is 11.1. The Morgan fingerprint density at radius 3 is 2.30 bits per heavy atom. The normalized spacial score (nSPS) is 9.55. The fourth-order valence-corrected chi connectivity index (χ4v) is 1.98. The number of carbonyl (C=O) groups excluding carboxylic acids is 1. The van der Waals surface area contributed by atoms with Gasteiger partial charge in [0.2, 0.25) is 0 Å². The molecule has 0 aromatic heterocycles. The molecule has 0 saturated carbocycles. The summed E-state index contributed by atoms with van der Waals surface area (Å²) in [4.78, 5) is 11.8. The Labute approximate surface area is 117 Å². The van der Waals surface area contributed by atoms with Gasteiger partial charge in [0, 0.05) is 17.5 Å². The third-order valence-electron chi connectivity index (χ3n) is 3.11. The lowest BCUT2D eigenvalue weighted by Crippen LogP contribution is -1.98. The number of nitriles is 2. The summed E-state index contributed by atoms with van der Waals surface area (Å²) in [6, 6.07) is 16.2. The van der Waals surface area contributed by atoms with Gasteiger partial charge in [-0.1, -0.05) is 25.1 Å². The van der Waals surface area contributed by atoms with Crippen molar-refractivity contribution in [3.05, 3.63) is 59.2 Å². The van der Waals surface area contributed by atoms with Gasteiger partial charge in [-0.25, -0.2) is 0 Å². The van der Waals surface area contributed by atoms with Gasteiger partial charge < -0.3 is 0 Å². The van der Waals surface area contributed by atoms with Crippen molar-refractivity contribution in [1.82, 2.24) is 0 Å². The first-order chi connectivity index (χ1) is 9.69. The summed E-state index contributed by atoms with van der Waals surface area (Å²) >= 11 is 0. The molecule has 0 spiro atoms. The molecule has 20 heavy (non-hydrogen) atoms. The molecule has 0 saturated heterocycles. The lowest BCUT2D eigenvalue weighted by molar-refractivity contribution is 0.0988. The molecule has 0 radical (unpaired) electrons. The van der Waals surface area contributed by atoms with E-state index in [2.05, 4.69) is 12.1 Å². The minimum atomic E-state index is 0.0457. The van der Waals surface area contributed by atoms with E-state index in [1.165, 1.54) is 0 Å². The van der Waals surface area contributed by atoms with Crippen LogP contribution in [0.1, 0.15) is 34.8 Å². The first-order valence-corrected chi connectivity index (χ1v) is 6.27. The Morgan fingerprint density at radius 2 is 1.75 bits per heavy atom. The zero-order valence-electron chi connectivity index (χ0n) is 11.1. The van der Waals surface area contributed by atoms with Crippen LogP contribution in [-0.2, 0) is 0 Å². The van der Waals surface area contributed by atoms with Crippen LogP contribution in [-0.4, -0.2) is 5.78 Å². The molecule has 2 rings (SSSR count). The summed E-state index contributed by atoms with van der Waals surface area (Å²) in [5.74, 6) is 0.0457. The number of nitrogens with zero attached hydrogens (tertiary/aromatic N) is 2. The van der Waals surface area contributed by atoms with Crippen LogP contribution in [0.5, 0.6) is 0 Å². The highest BCUT2D eigenvalue weighted by Gasteiger charge is 2.10. The van der Waals surface area contributed by atoms with Gasteiger partial charge in [0.15, 0.2) is 5.78 Å². The van der Waals surface area contributed by atoms with Crippen molar-refractivity contribution in [1.29, 1.82) is 10.5 Å². The third-order valence-corrected chi connectivity index (χ3v) is 3.11. The zero-order chi connectivity index (χ0) is 14.5. The van der Waals surface area contributed by atoms with Gasteiger partial charge in [-0.05, 0) is 29.8 Å². The van der Waals surface area contributed by atoms with Crippen molar-refractivity contribution in [2.24, 2.45) is 0 Å². The highest BCUT2D eigenvalue weighted by atomic mass is 16.1. The average Bonchev–Trinajstić information content (AvgIpc) is 2.53. The van der Waals surface area contributed by atoms with Gasteiger partial charge >= 0.3 is 0 Å². The van der Waals surface area contributed by atoms with Crippen LogP contribution in [0.25, 0.3) is 11.1 Å². The van der Waals surface area contributed by atoms with Crippen molar-refractivity contribution < 1.29 is 4.79 Å². The fourth-order valence-electron chi connectivity index (χ4n) is 1.98. The van der Waals surface area contributed by atoms with Gasteiger partial charge in [-0.2, -0.15) is 10.5 Å². The standard InChI is InChI=1S/C17H12N2O/c1-2-17(20)14-7-8-15(11-19)16(9-14)13-5-3-12(10-18)4-6-13/h3-9H,2H2,1H3. The SMILES string of the molecule is CCC(=O)c1ccc(C#N)c(-c2ccc(C#N)cc2)c1. The van der Waals surface area contributed by atoms with Crippen molar-refractivity contribution in [3.63, 3.8) is 0 Å². The van der Waals surface area contributed by atoms with E-state index < -0.39 is 0 Å². The Bertz CT molecular complexity index is 731. The first kappa shape index (κ1) is 13.5. The average molecular weight is 260 g/mol. The highest BCUT2D eigenvalue weighted by Crippen LogP contribution is 2.25. The number of Topliss-reactive ketones (excluding diaryl/α,β-unsaturated/α-hetero) is 1. The van der Waals surface area contributed by atoms with Crippen LogP contribution < -0.4 is 0 Å². The molecular formula is C17H12N2O. The van der Waals surface area contributed by atoms with Gasteiger partial charge in [-0.15, -0.1) is 0 Å². The highest BCUT2D eigenvalue weighted by molar-refractivity contribution is 5.97. The van der Waals surface area contributed by atoms with Crippen molar-refractivity contribution in [2.45, 2.75) is 13.3 Å². The monoisotopic (exact) mass is 260 g/mol. The van der Waals surface area contributed by atoms with Crippen LogP contribution in [0, 0.1) is 22.7 Å². The van der Waals surface area contributed by atoms with E-state index in [0.717, 1.165) is 11.1 Å². The fraction of sp³-hybridized carbons (Fsp3) is 0.118. The summed E-state index contributed by atoms with van der Waals surface area (Å²) in [5.41, 5.74) is 3.23. The second-order valence-electron chi connectivity index (χ2n) is 4.34. The quantitative estimate of drug-likeness (QED) is 0.790. The first-order valence-electron chi connectivity index (χ1n) is 6.27. The molecule has 0 unspecified atom stereocenters. The van der Waals surface area contributed by atoms with E-state index in [9.17, 15) is 10.1 Å². The smallest absolute Gasteiger partial charge is 0.162 e. The van der Waals surface area contributed by atoms with Crippen LogP contribution in [0.4, 0.5) is 0 Å². The Hall–Kier alpha value is -2.91. The van der Waals surface area contributed by atoms with Gasteiger partial charge in [0.05, 0.1) is 23.3 Å². The van der Waals surface area contributed by atoms with E-state index in [0.29, 0.717) is 23.1 Å². The molecule has 96 valence electrons. The topological polar surface area (TPSA) is 64.7 Å². The summed E-state index contributed by atoms with van der Waals surface area (Å²) in [7, 11) is 0. The minimum absolute atomic E-state index is 0.0457. The molecule has 0 aliphatic carbocycles. The molecule has 0 fully saturated rings. The van der Waals surface area contributed by atoms with Crippen molar-refractivity contribution in [3.8, 4) is 23.3 Å². The number of hydrogen-bond donors (Lipinski definition) is 0. The molecule has 0 bridgehead atoms. The van der Waals surface area contributed by atoms with Crippen molar-refractivity contribution in [2.75, 3.05) is 0 Å². The van der Waals surface area contributed by atoms with Crippen molar-refractivity contribution >= 4 is 5.78 Å². The summed E-state index contributed by atoms with van der Waals surface area (Å²) in [5, 5.41) is 18.0. The lowest BCUT2D eigenvalue weighted by Gasteiger charge is -2.07. The maximum atomic E-state index is 11.8. The summed E-state index contributed by atoms with van der Waals surface area (Å²) in [6.07, 6.45) is 0.429. The molecule has 0 amide bonds. The molecular weight excluding hydrogens is 248 g/mol. The summed E-state index contributed by atoms with van der Waals surface area (Å²) < 4.78 is 0.